The predicted molar refractivity (Wildman–Crippen MR) is 92.0 cm³/mol. The Kier molecular flexibility index (Phi) is 8.24. The van der Waals surface area contributed by atoms with Crippen molar-refractivity contribution in [3.05, 3.63) is 0 Å². The van der Waals surface area contributed by atoms with Gasteiger partial charge in [-0.05, 0) is 71.1 Å². The average Bonchev–Trinajstić information content (AvgIpc) is 2.58. The monoisotopic (exact) mass is 309 g/mol. The van der Waals surface area contributed by atoms with Gasteiger partial charge in [-0.2, -0.15) is 0 Å². The second kappa shape index (κ2) is 10.2. The lowest BCUT2D eigenvalue weighted by Gasteiger charge is -2.31. The fourth-order valence-corrected chi connectivity index (χ4v) is 3.85. The lowest BCUT2D eigenvalue weighted by molar-refractivity contribution is -0.121. The van der Waals surface area contributed by atoms with Crippen molar-refractivity contribution in [1.82, 2.24) is 15.5 Å². The summed E-state index contributed by atoms with van der Waals surface area (Å²) >= 11 is 0. The topological polar surface area (TPSA) is 44.4 Å². The van der Waals surface area contributed by atoms with E-state index in [0.717, 1.165) is 51.0 Å². The van der Waals surface area contributed by atoms with Crippen LogP contribution in [0.25, 0.3) is 0 Å². The molecule has 1 amide bonds. The Morgan fingerprint density at radius 3 is 2.59 bits per heavy atom. The Morgan fingerprint density at radius 2 is 1.86 bits per heavy atom. The Bertz CT molecular complexity index is 309. The second-order valence-corrected chi connectivity index (χ2v) is 7.21. The number of piperidine rings is 1. The zero-order valence-corrected chi connectivity index (χ0v) is 14.4. The summed E-state index contributed by atoms with van der Waals surface area (Å²) in [5, 5.41) is 6.48. The van der Waals surface area contributed by atoms with Crippen molar-refractivity contribution in [2.45, 2.75) is 70.3 Å². The summed E-state index contributed by atoms with van der Waals surface area (Å²) in [7, 11) is 2.24. The van der Waals surface area contributed by atoms with Crippen LogP contribution in [0.5, 0.6) is 0 Å². The predicted octanol–water partition coefficient (Wildman–Crippen LogP) is 2.54. The van der Waals surface area contributed by atoms with Gasteiger partial charge in [0.15, 0.2) is 0 Å². The highest BCUT2D eigenvalue weighted by molar-refractivity contribution is 5.75. The number of rotatable bonds is 8. The highest BCUT2D eigenvalue weighted by Crippen LogP contribution is 2.21. The number of carbonyl (C=O) groups excluding carboxylic acids is 1. The molecule has 1 heterocycles. The standard InChI is InChI=1S/C18H35N3O/c1-21(17-6-3-2-4-7-17)15-5-12-20-18(22)9-8-16-10-13-19-14-11-16/h16-17,19H,2-15H2,1H3,(H,20,22). The molecule has 0 spiro atoms. The van der Waals surface area contributed by atoms with Crippen LogP contribution < -0.4 is 10.6 Å². The Balaban J connectivity index is 1.47. The molecule has 0 aromatic carbocycles. The number of hydrogen-bond acceptors (Lipinski definition) is 3. The van der Waals surface area contributed by atoms with Gasteiger partial charge in [-0.3, -0.25) is 4.79 Å². The lowest BCUT2D eigenvalue weighted by atomic mass is 9.93. The zero-order chi connectivity index (χ0) is 15.6. The van der Waals surface area contributed by atoms with Gasteiger partial charge in [-0.25, -0.2) is 0 Å². The van der Waals surface area contributed by atoms with Crippen molar-refractivity contribution >= 4 is 5.91 Å². The molecule has 0 radical (unpaired) electrons. The van der Waals surface area contributed by atoms with Crippen molar-refractivity contribution < 1.29 is 4.79 Å². The summed E-state index contributed by atoms with van der Waals surface area (Å²) in [5.74, 6) is 1.00. The number of hydrogen-bond donors (Lipinski definition) is 2. The van der Waals surface area contributed by atoms with E-state index in [1.165, 1.54) is 44.9 Å². The first-order valence-corrected chi connectivity index (χ1v) is 9.43. The normalized spacial score (nSPS) is 21.2. The van der Waals surface area contributed by atoms with Crippen LogP contribution in [0.15, 0.2) is 0 Å². The fraction of sp³-hybridized carbons (Fsp3) is 0.944. The quantitative estimate of drug-likeness (QED) is 0.677. The van der Waals surface area contributed by atoms with Gasteiger partial charge in [-0.15, -0.1) is 0 Å². The minimum atomic E-state index is 0.249. The molecule has 0 atom stereocenters. The van der Waals surface area contributed by atoms with Gasteiger partial charge in [0.05, 0.1) is 0 Å². The molecule has 2 fully saturated rings. The van der Waals surface area contributed by atoms with Crippen molar-refractivity contribution in [2.75, 3.05) is 33.2 Å². The molecule has 2 rings (SSSR count). The van der Waals surface area contributed by atoms with Crippen LogP contribution in [0, 0.1) is 5.92 Å². The van der Waals surface area contributed by atoms with Crippen LogP contribution >= 0.6 is 0 Å². The van der Waals surface area contributed by atoms with Crippen molar-refractivity contribution in [3.63, 3.8) is 0 Å². The minimum Gasteiger partial charge on any atom is -0.356 e. The van der Waals surface area contributed by atoms with Crippen LogP contribution in [0.1, 0.15) is 64.2 Å². The first kappa shape index (κ1) is 17.7. The minimum absolute atomic E-state index is 0.249. The Labute approximate surface area is 136 Å². The van der Waals surface area contributed by atoms with Crippen molar-refractivity contribution in [2.24, 2.45) is 5.92 Å². The van der Waals surface area contributed by atoms with Crippen LogP contribution in [0.2, 0.25) is 0 Å². The molecule has 2 N–H and O–H groups in total. The highest BCUT2D eigenvalue weighted by atomic mass is 16.1. The molecule has 1 saturated heterocycles. The molecule has 0 bridgehead atoms. The van der Waals surface area contributed by atoms with Gasteiger partial charge in [0.25, 0.3) is 0 Å². The first-order chi connectivity index (χ1) is 10.8. The summed E-state index contributed by atoms with van der Waals surface area (Å²) in [5.41, 5.74) is 0. The maximum absolute atomic E-state index is 11.9. The van der Waals surface area contributed by atoms with E-state index >= 15 is 0 Å². The molecule has 4 nitrogen and oxygen atoms in total. The molecule has 1 aliphatic carbocycles. The molecule has 1 saturated carbocycles. The van der Waals surface area contributed by atoms with E-state index in [1.807, 2.05) is 0 Å². The third-order valence-electron chi connectivity index (χ3n) is 5.45. The largest absolute Gasteiger partial charge is 0.356 e. The van der Waals surface area contributed by atoms with E-state index < -0.39 is 0 Å². The molecule has 2 aliphatic rings. The maximum Gasteiger partial charge on any atom is 0.220 e. The third-order valence-corrected chi connectivity index (χ3v) is 5.45. The van der Waals surface area contributed by atoms with Crippen molar-refractivity contribution in [3.8, 4) is 0 Å². The molecule has 1 aliphatic heterocycles. The molecular weight excluding hydrogens is 274 g/mol. The van der Waals surface area contributed by atoms with Gasteiger partial charge in [0.1, 0.15) is 0 Å². The lowest BCUT2D eigenvalue weighted by Crippen LogP contribution is -2.36. The number of nitrogens with zero attached hydrogens (tertiary/aromatic N) is 1. The zero-order valence-electron chi connectivity index (χ0n) is 14.4. The Morgan fingerprint density at radius 1 is 1.14 bits per heavy atom. The van der Waals surface area contributed by atoms with Crippen molar-refractivity contribution in [1.29, 1.82) is 0 Å². The number of amides is 1. The van der Waals surface area contributed by atoms with Gasteiger partial charge >= 0.3 is 0 Å². The van der Waals surface area contributed by atoms with E-state index in [4.69, 9.17) is 0 Å². The maximum atomic E-state index is 11.9. The highest BCUT2D eigenvalue weighted by Gasteiger charge is 2.17. The summed E-state index contributed by atoms with van der Waals surface area (Å²) in [6.07, 6.45) is 12.2. The molecule has 0 aromatic rings. The molecule has 0 aromatic heterocycles. The SMILES string of the molecule is CN(CCCNC(=O)CCC1CCNCC1)C1CCCCC1. The molecule has 4 heteroatoms. The van der Waals surface area contributed by atoms with E-state index in [2.05, 4.69) is 22.6 Å². The summed E-state index contributed by atoms with van der Waals surface area (Å²) in [4.78, 5) is 14.4. The number of nitrogens with one attached hydrogen (secondary N) is 2. The average molecular weight is 309 g/mol. The van der Waals surface area contributed by atoms with E-state index in [9.17, 15) is 4.79 Å². The molecular formula is C18H35N3O. The fourth-order valence-electron chi connectivity index (χ4n) is 3.85. The van der Waals surface area contributed by atoms with Crippen LogP contribution in [-0.4, -0.2) is 50.1 Å². The van der Waals surface area contributed by atoms with Crippen LogP contribution in [0.3, 0.4) is 0 Å². The Hall–Kier alpha value is -0.610. The number of carbonyl (C=O) groups is 1. The molecule has 0 unspecified atom stereocenters. The third kappa shape index (κ3) is 6.66. The van der Waals surface area contributed by atoms with E-state index in [-0.39, 0.29) is 5.91 Å². The summed E-state index contributed by atoms with van der Waals surface area (Å²) in [6.45, 7) is 4.20. The second-order valence-electron chi connectivity index (χ2n) is 7.21. The summed E-state index contributed by atoms with van der Waals surface area (Å²) < 4.78 is 0. The van der Waals surface area contributed by atoms with Crippen LogP contribution in [-0.2, 0) is 4.79 Å². The van der Waals surface area contributed by atoms with Crippen LogP contribution in [0.4, 0.5) is 0 Å². The van der Waals surface area contributed by atoms with Gasteiger partial charge in [0, 0.05) is 19.0 Å². The van der Waals surface area contributed by atoms with Gasteiger partial charge in [-0.1, -0.05) is 19.3 Å². The summed E-state index contributed by atoms with van der Waals surface area (Å²) in [6, 6.07) is 0.782. The molecule has 128 valence electrons. The van der Waals surface area contributed by atoms with Gasteiger partial charge in [0.2, 0.25) is 5.91 Å². The first-order valence-electron chi connectivity index (χ1n) is 9.43. The molecule has 22 heavy (non-hydrogen) atoms. The van der Waals surface area contributed by atoms with E-state index in [0.29, 0.717) is 6.42 Å². The van der Waals surface area contributed by atoms with Gasteiger partial charge < -0.3 is 15.5 Å². The smallest absolute Gasteiger partial charge is 0.220 e. The van der Waals surface area contributed by atoms with E-state index in [1.54, 1.807) is 0 Å².